The highest BCUT2D eigenvalue weighted by molar-refractivity contribution is 5.67. The van der Waals surface area contributed by atoms with Crippen molar-refractivity contribution in [3.8, 4) is 0 Å². The van der Waals surface area contributed by atoms with Gasteiger partial charge in [0.15, 0.2) is 0 Å². The van der Waals surface area contributed by atoms with Crippen molar-refractivity contribution in [3.63, 3.8) is 0 Å². The van der Waals surface area contributed by atoms with E-state index in [0.717, 1.165) is 12.8 Å². The maximum absolute atomic E-state index is 13.7. The van der Waals surface area contributed by atoms with E-state index < -0.39 is 0 Å². The standard InChI is InChI=1S/C18H22FN5O2/c1-2-26-18(25)24-11-8-13(9-12-24)21-17-20-10-7-16(23-17)22-15-6-4-3-5-14(15)19/h3-7,10,13H,2,8-9,11-12H2,1H3,(H2,20,21,22,23). The molecule has 0 spiro atoms. The highest BCUT2D eigenvalue weighted by atomic mass is 19.1. The summed E-state index contributed by atoms with van der Waals surface area (Å²) in [6.45, 7) is 3.44. The molecule has 26 heavy (non-hydrogen) atoms. The van der Waals surface area contributed by atoms with E-state index in [1.807, 2.05) is 0 Å². The Morgan fingerprint density at radius 1 is 1.31 bits per heavy atom. The zero-order chi connectivity index (χ0) is 18.4. The third kappa shape index (κ3) is 4.59. The first-order valence-corrected chi connectivity index (χ1v) is 8.68. The molecule has 2 heterocycles. The number of nitrogens with zero attached hydrogens (tertiary/aromatic N) is 3. The zero-order valence-corrected chi connectivity index (χ0v) is 14.6. The average molecular weight is 359 g/mol. The van der Waals surface area contributed by atoms with Gasteiger partial charge in [-0.3, -0.25) is 0 Å². The van der Waals surface area contributed by atoms with Crippen LogP contribution in [-0.2, 0) is 4.74 Å². The summed E-state index contributed by atoms with van der Waals surface area (Å²) in [4.78, 5) is 22.0. The van der Waals surface area contributed by atoms with Crippen molar-refractivity contribution in [2.45, 2.75) is 25.8 Å². The number of hydrogen-bond donors (Lipinski definition) is 2. The van der Waals surface area contributed by atoms with Crippen LogP contribution < -0.4 is 10.6 Å². The van der Waals surface area contributed by atoms with Gasteiger partial charge in [0.1, 0.15) is 11.6 Å². The van der Waals surface area contributed by atoms with Crippen LogP contribution in [0.5, 0.6) is 0 Å². The minimum Gasteiger partial charge on any atom is -0.450 e. The molecule has 1 aromatic carbocycles. The Morgan fingerprint density at radius 3 is 2.81 bits per heavy atom. The molecule has 1 amide bonds. The largest absolute Gasteiger partial charge is 0.450 e. The molecule has 3 rings (SSSR count). The van der Waals surface area contributed by atoms with E-state index in [9.17, 15) is 9.18 Å². The van der Waals surface area contributed by atoms with E-state index in [1.54, 1.807) is 42.3 Å². The predicted octanol–water partition coefficient (Wildman–Crippen LogP) is 3.39. The summed E-state index contributed by atoms with van der Waals surface area (Å²) in [5.41, 5.74) is 0.361. The lowest BCUT2D eigenvalue weighted by atomic mass is 10.1. The van der Waals surface area contributed by atoms with Crippen LogP contribution in [0.25, 0.3) is 0 Å². The normalized spacial score (nSPS) is 14.8. The first kappa shape index (κ1) is 17.9. The smallest absolute Gasteiger partial charge is 0.409 e. The van der Waals surface area contributed by atoms with Crippen molar-refractivity contribution in [3.05, 3.63) is 42.3 Å². The minimum atomic E-state index is -0.341. The topological polar surface area (TPSA) is 79.4 Å². The van der Waals surface area contributed by atoms with E-state index in [-0.39, 0.29) is 18.0 Å². The van der Waals surface area contributed by atoms with E-state index in [0.29, 0.717) is 37.1 Å². The quantitative estimate of drug-likeness (QED) is 0.852. The number of carbonyl (C=O) groups excluding carboxylic acids is 1. The summed E-state index contributed by atoms with van der Waals surface area (Å²) in [6.07, 6.45) is 2.92. The fraction of sp³-hybridized carbons (Fsp3) is 0.389. The van der Waals surface area contributed by atoms with Crippen LogP contribution in [0.4, 0.5) is 26.6 Å². The molecule has 0 saturated carbocycles. The lowest BCUT2D eigenvalue weighted by molar-refractivity contribution is 0.0983. The number of hydrogen-bond acceptors (Lipinski definition) is 6. The fourth-order valence-corrected chi connectivity index (χ4v) is 2.80. The van der Waals surface area contributed by atoms with Gasteiger partial charge in [0.05, 0.1) is 12.3 Å². The summed E-state index contributed by atoms with van der Waals surface area (Å²) in [5.74, 6) is 0.643. The molecule has 1 aromatic heterocycles. The molecule has 7 nitrogen and oxygen atoms in total. The number of halogens is 1. The summed E-state index contributed by atoms with van der Waals surface area (Å²) in [5, 5.41) is 6.23. The first-order valence-electron chi connectivity index (χ1n) is 8.68. The maximum atomic E-state index is 13.7. The van der Waals surface area contributed by atoms with Crippen molar-refractivity contribution in [1.82, 2.24) is 14.9 Å². The van der Waals surface area contributed by atoms with Gasteiger partial charge in [0, 0.05) is 25.3 Å². The van der Waals surface area contributed by atoms with Gasteiger partial charge < -0.3 is 20.3 Å². The lowest BCUT2D eigenvalue weighted by Gasteiger charge is -2.31. The molecule has 0 radical (unpaired) electrons. The molecule has 0 bridgehead atoms. The number of piperidine rings is 1. The molecule has 1 aliphatic rings. The monoisotopic (exact) mass is 359 g/mol. The van der Waals surface area contributed by atoms with E-state index >= 15 is 0 Å². The van der Waals surface area contributed by atoms with E-state index in [4.69, 9.17) is 4.74 Å². The van der Waals surface area contributed by atoms with Crippen molar-refractivity contribution >= 4 is 23.5 Å². The fourth-order valence-electron chi connectivity index (χ4n) is 2.80. The zero-order valence-electron chi connectivity index (χ0n) is 14.6. The minimum absolute atomic E-state index is 0.171. The molecular weight excluding hydrogens is 337 g/mol. The van der Waals surface area contributed by atoms with Gasteiger partial charge in [0.25, 0.3) is 0 Å². The Kier molecular flexibility index (Phi) is 5.83. The number of likely N-dealkylation sites (tertiary alicyclic amines) is 1. The van der Waals surface area contributed by atoms with Crippen molar-refractivity contribution in [1.29, 1.82) is 0 Å². The summed E-state index contributed by atoms with van der Waals surface area (Å²) >= 11 is 0. The van der Waals surface area contributed by atoms with E-state index in [1.165, 1.54) is 6.07 Å². The number of nitrogens with one attached hydrogen (secondary N) is 2. The van der Waals surface area contributed by atoms with Gasteiger partial charge in [-0.1, -0.05) is 12.1 Å². The second-order valence-electron chi connectivity index (χ2n) is 5.97. The van der Waals surface area contributed by atoms with Crippen molar-refractivity contribution in [2.24, 2.45) is 0 Å². The molecule has 138 valence electrons. The van der Waals surface area contributed by atoms with Crippen LogP contribution in [0, 0.1) is 5.82 Å². The Labute approximate surface area is 151 Å². The maximum Gasteiger partial charge on any atom is 0.409 e. The number of para-hydroxylation sites is 1. The van der Waals surface area contributed by atoms with Gasteiger partial charge in [-0.2, -0.15) is 4.98 Å². The number of amides is 1. The second-order valence-corrected chi connectivity index (χ2v) is 5.97. The Hall–Kier alpha value is -2.90. The average Bonchev–Trinajstić information content (AvgIpc) is 2.65. The van der Waals surface area contributed by atoms with E-state index in [2.05, 4.69) is 20.6 Å². The molecule has 0 atom stereocenters. The van der Waals surface area contributed by atoms with Crippen LogP contribution in [-0.4, -0.2) is 46.7 Å². The number of anilines is 3. The number of aromatic nitrogens is 2. The lowest BCUT2D eigenvalue weighted by Crippen LogP contribution is -2.42. The SMILES string of the molecule is CCOC(=O)N1CCC(Nc2nccc(Nc3ccccc3F)n2)CC1. The van der Waals surface area contributed by atoms with Crippen LogP contribution in [0.1, 0.15) is 19.8 Å². The van der Waals surface area contributed by atoms with Crippen LogP contribution in [0.3, 0.4) is 0 Å². The molecule has 1 aliphatic heterocycles. The number of ether oxygens (including phenoxy) is 1. The number of benzene rings is 1. The van der Waals surface area contributed by atoms with Gasteiger partial charge in [0.2, 0.25) is 5.95 Å². The predicted molar refractivity (Wildman–Crippen MR) is 97.0 cm³/mol. The molecule has 0 aliphatic carbocycles. The Bertz CT molecular complexity index is 750. The van der Waals surface area contributed by atoms with Crippen molar-refractivity contribution < 1.29 is 13.9 Å². The second kappa shape index (κ2) is 8.46. The van der Waals surface area contributed by atoms with Gasteiger partial charge in [-0.15, -0.1) is 0 Å². The molecule has 0 unspecified atom stereocenters. The highest BCUT2D eigenvalue weighted by Crippen LogP contribution is 2.20. The van der Waals surface area contributed by atoms with Crippen molar-refractivity contribution in [2.75, 3.05) is 30.3 Å². The molecule has 1 saturated heterocycles. The van der Waals surface area contributed by atoms with Crippen LogP contribution >= 0.6 is 0 Å². The number of rotatable bonds is 5. The number of carbonyl (C=O) groups is 1. The highest BCUT2D eigenvalue weighted by Gasteiger charge is 2.23. The summed E-state index contributed by atoms with van der Waals surface area (Å²) < 4.78 is 18.8. The van der Waals surface area contributed by atoms with Gasteiger partial charge in [-0.05, 0) is 38.0 Å². The van der Waals surface area contributed by atoms with Crippen LogP contribution in [0.2, 0.25) is 0 Å². The summed E-state index contributed by atoms with van der Waals surface area (Å²) in [6, 6.07) is 8.28. The van der Waals surface area contributed by atoms with Gasteiger partial charge in [-0.25, -0.2) is 14.2 Å². The Morgan fingerprint density at radius 2 is 2.08 bits per heavy atom. The van der Waals surface area contributed by atoms with Gasteiger partial charge >= 0.3 is 6.09 Å². The Balaban J connectivity index is 1.56. The molecule has 8 heteroatoms. The molecule has 1 fully saturated rings. The van der Waals surface area contributed by atoms with Crippen LogP contribution in [0.15, 0.2) is 36.5 Å². The summed E-state index contributed by atoms with van der Waals surface area (Å²) in [7, 11) is 0. The first-order chi connectivity index (χ1) is 12.7. The molecule has 2 aromatic rings. The molecule has 2 N–H and O–H groups in total. The third-order valence-electron chi connectivity index (χ3n) is 4.15. The molecular formula is C18H22FN5O2. The third-order valence-corrected chi connectivity index (χ3v) is 4.15.